The van der Waals surface area contributed by atoms with Crippen LogP contribution in [0.1, 0.15) is 51.0 Å². The molecule has 2 rings (SSSR count). The number of nitrogens with two attached hydrogens (primary N) is 1. The number of hydrogen-bond donors (Lipinski definition) is 1. The largest absolute Gasteiger partial charge is 0.384 e. The molecule has 0 atom stereocenters. The summed E-state index contributed by atoms with van der Waals surface area (Å²) in [7, 11) is 0. The number of aromatic nitrogens is 4. The molecule has 0 fully saturated rings. The minimum absolute atomic E-state index is 0.243. The molecule has 0 spiro atoms. The topological polar surface area (TPSA) is 69.6 Å². The molecule has 2 heterocycles. The van der Waals surface area contributed by atoms with E-state index >= 15 is 0 Å². The molecule has 0 unspecified atom stereocenters. The molecule has 0 saturated carbocycles. The molecule has 0 aliphatic heterocycles. The number of rotatable bonds is 3. The van der Waals surface area contributed by atoms with Crippen molar-refractivity contribution < 1.29 is 0 Å². The van der Waals surface area contributed by atoms with Gasteiger partial charge in [0.15, 0.2) is 5.82 Å². The summed E-state index contributed by atoms with van der Waals surface area (Å²) in [5.74, 6) is 2.58. The third-order valence-electron chi connectivity index (χ3n) is 2.70. The van der Waals surface area contributed by atoms with Gasteiger partial charge in [-0.25, -0.2) is 14.6 Å². The highest BCUT2D eigenvalue weighted by Crippen LogP contribution is 2.16. The maximum absolute atomic E-state index is 5.81. The van der Waals surface area contributed by atoms with Crippen LogP contribution < -0.4 is 5.73 Å². The molecular formula is C13H19N5. The van der Waals surface area contributed by atoms with Crippen LogP contribution in [0, 0.1) is 0 Å². The number of nitrogens with zero attached hydrogens (tertiary/aromatic N) is 4. The quantitative estimate of drug-likeness (QED) is 0.902. The van der Waals surface area contributed by atoms with E-state index in [1.165, 1.54) is 0 Å². The van der Waals surface area contributed by atoms with E-state index in [1.807, 2.05) is 26.1 Å². The Kier molecular flexibility index (Phi) is 3.32. The Hall–Kier alpha value is -1.91. The van der Waals surface area contributed by atoms with Crippen molar-refractivity contribution in [1.29, 1.82) is 0 Å². The van der Waals surface area contributed by atoms with Gasteiger partial charge in [0.05, 0.1) is 5.69 Å². The molecule has 0 radical (unpaired) electrons. The summed E-state index contributed by atoms with van der Waals surface area (Å²) in [6.07, 6.45) is 1.90. The normalized spacial score (nSPS) is 11.4. The Morgan fingerprint density at radius 2 is 1.83 bits per heavy atom. The third-order valence-corrected chi connectivity index (χ3v) is 2.70. The molecule has 0 aliphatic carbocycles. The van der Waals surface area contributed by atoms with E-state index in [-0.39, 0.29) is 5.92 Å². The second-order valence-corrected chi connectivity index (χ2v) is 5.00. The first-order valence-electron chi connectivity index (χ1n) is 6.17. The molecule has 0 aromatic carbocycles. The highest BCUT2D eigenvalue weighted by atomic mass is 15.3. The average molecular weight is 245 g/mol. The Balaban J connectivity index is 2.43. The van der Waals surface area contributed by atoms with Crippen LogP contribution in [0.5, 0.6) is 0 Å². The highest BCUT2D eigenvalue weighted by molar-refractivity contribution is 5.37. The van der Waals surface area contributed by atoms with Crippen molar-refractivity contribution in [3.05, 3.63) is 29.8 Å². The molecule has 5 heteroatoms. The fraction of sp³-hybridized carbons (Fsp3) is 0.462. The van der Waals surface area contributed by atoms with Crippen LogP contribution in [-0.2, 0) is 0 Å². The van der Waals surface area contributed by atoms with Gasteiger partial charge in [0.1, 0.15) is 11.6 Å². The molecule has 2 N–H and O–H groups in total. The molecule has 5 nitrogen and oxygen atoms in total. The van der Waals surface area contributed by atoms with Crippen molar-refractivity contribution in [1.82, 2.24) is 19.7 Å². The number of anilines is 1. The van der Waals surface area contributed by atoms with Gasteiger partial charge < -0.3 is 5.73 Å². The predicted molar refractivity (Wildman–Crippen MR) is 71.7 cm³/mol. The molecular weight excluding hydrogens is 226 g/mol. The van der Waals surface area contributed by atoms with E-state index in [1.54, 1.807) is 10.7 Å². The van der Waals surface area contributed by atoms with Crippen molar-refractivity contribution in [2.75, 3.05) is 5.73 Å². The predicted octanol–water partition coefficient (Wildman–Crippen LogP) is 2.49. The van der Waals surface area contributed by atoms with Gasteiger partial charge in [0.2, 0.25) is 0 Å². The lowest BCUT2D eigenvalue weighted by Gasteiger charge is -2.08. The Morgan fingerprint density at radius 3 is 2.39 bits per heavy atom. The van der Waals surface area contributed by atoms with E-state index in [9.17, 15) is 0 Å². The summed E-state index contributed by atoms with van der Waals surface area (Å²) in [6.45, 7) is 8.31. The monoisotopic (exact) mass is 245 g/mol. The lowest BCUT2D eigenvalue weighted by Crippen LogP contribution is -2.07. The zero-order valence-corrected chi connectivity index (χ0v) is 11.3. The lowest BCUT2D eigenvalue weighted by atomic mass is 10.1. The number of hydrogen-bond acceptors (Lipinski definition) is 4. The van der Waals surface area contributed by atoms with E-state index in [0.29, 0.717) is 11.7 Å². The SMILES string of the molecule is CC(C)c1ccn(-c2cc(N)nc(C(C)C)n2)n1. The summed E-state index contributed by atoms with van der Waals surface area (Å²) in [6, 6.07) is 3.74. The van der Waals surface area contributed by atoms with E-state index in [2.05, 4.69) is 28.9 Å². The van der Waals surface area contributed by atoms with Crippen LogP contribution in [0.4, 0.5) is 5.82 Å². The smallest absolute Gasteiger partial charge is 0.159 e. The van der Waals surface area contributed by atoms with Crippen LogP contribution in [0.2, 0.25) is 0 Å². The second-order valence-electron chi connectivity index (χ2n) is 5.00. The van der Waals surface area contributed by atoms with Crippen molar-refractivity contribution in [2.45, 2.75) is 39.5 Å². The average Bonchev–Trinajstić information content (AvgIpc) is 2.77. The summed E-state index contributed by atoms with van der Waals surface area (Å²) in [4.78, 5) is 8.71. The van der Waals surface area contributed by atoms with Crippen molar-refractivity contribution in [2.24, 2.45) is 0 Å². The number of nitrogen functional groups attached to an aromatic ring is 1. The van der Waals surface area contributed by atoms with Crippen molar-refractivity contribution >= 4 is 5.82 Å². The fourth-order valence-electron chi connectivity index (χ4n) is 1.62. The minimum Gasteiger partial charge on any atom is -0.384 e. The molecule has 2 aromatic heterocycles. The molecule has 0 bridgehead atoms. The van der Waals surface area contributed by atoms with Gasteiger partial charge in [0.25, 0.3) is 0 Å². The summed E-state index contributed by atoms with van der Waals surface area (Å²) in [5, 5.41) is 4.49. The minimum atomic E-state index is 0.243. The van der Waals surface area contributed by atoms with Gasteiger partial charge >= 0.3 is 0 Å². The zero-order valence-electron chi connectivity index (χ0n) is 11.3. The Morgan fingerprint density at radius 1 is 1.11 bits per heavy atom. The van der Waals surface area contributed by atoms with E-state index in [4.69, 9.17) is 5.73 Å². The van der Waals surface area contributed by atoms with E-state index < -0.39 is 0 Å². The van der Waals surface area contributed by atoms with Crippen LogP contribution in [0.25, 0.3) is 5.82 Å². The standard InChI is InChI=1S/C13H19N5/c1-8(2)10-5-6-18(17-10)12-7-11(14)15-13(16-12)9(3)4/h5-9H,1-4H3,(H2,14,15,16). The molecule has 96 valence electrons. The van der Waals surface area contributed by atoms with Gasteiger partial charge in [0, 0.05) is 18.2 Å². The molecule has 0 amide bonds. The van der Waals surface area contributed by atoms with Crippen LogP contribution in [0.15, 0.2) is 18.3 Å². The molecule has 0 aliphatic rings. The fourth-order valence-corrected chi connectivity index (χ4v) is 1.62. The maximum atomic E-state index is 5.81. The molecule has 18 heavy (non-hydrogen) atoms. The summed E-state index contributed by atoms with van der Waals surface area (Å²) < 4.78 is 1.75. The first kappa shape index (κ1) is 12.5. The highest BCUT2D eigenvalue weighted by Gasteiger charge is 2.10. The summed E-state index contributed by atoms with van der Waals surface area (Å²) >= 11 is 0. The zero-order chi connectivity index (χ0) is 13.3. The molecule has 0 saturated heterocycles. The van der Waals surface area contributed by atoms with Crippen LogP contribution in [0.3, 0.4) is 0 Å². The third kappa shape index (κ3) is 2.50. The van der Waals surface area contributed by atoms with Crippen LogP contribution in [-0.4, -0.2) is 19.7 Å². The van der Waals surface area contributed by atoms with Crippen molar-refractivity contribution in [3.63, 3.8) is 0 Å². The van der Waals surface area contributed by atoms with Gasteiger partial charge in [-0.1, -0.05) is 27.7 Å². The maximum Gasteiger partial charge on any atom is 0.159 e. The second kappa shape index (κ2) is 4.76. The molecule has 2 aromatic rings. The summed E-state index contributed by atoms with van der Waals surface area (Å²) in [5.41, 5.74) is 6.85. The van der Waals surface area contributed by atoms with Crippen LogP contribution >= 0.6 is 0 Å². The van der Waals surface area contributed by atoms with Gasteiger partial charge in [-0.05, 0) is 12.0 Å². The lowest BCUT2D eigenvalue weighted by molar-refractivity contribution is 0.727. The van der Waals surface area contributed by atoms with Gasteiger partial charge in [-0.2, -0.15) is 5.10 Å². The first-order chi connectivity index (χ1) is 8.47. The Bertz CT molecular complexity index is 542. The van der Waals surface area contributed by atoms with E-state index in [0.717, 1.165) is 17.3 Å². The van der Waals surface area contributed by atoms with Crippen molar-refractivity contribution in [3.8, 4) is 5.82 Å². The van der Waals surface area contributed by atoms with Gasteiger partial charge in [-0.15, -0.1) is 0 Å². The first-order valence-corrected chi connectivity index (χ1v) is 6.17. The van der Waals surface area contributed by atoms with Gasteiger partial charge in [-0.3, -0.25) is 0 Å². The Labute approximate surface area is 107 Å².